The Morgan fingerprint density at radius 2 is 1.45 bits per heavy atom. The predicted molar refractivity (Wildman–Crippen MR) is 118 cm³/mol. The molecular weight excluding hydrogens is 368 g/mol. The second-order valence-corrected chi connectivity index (χ2v) is 8.68. The zero-order chi connectivity index (χ0) is 22.1. The molecule has 4 atom stereocenters. The van der Waals surface area contributed by atoms with Gasteiger partial charge in [0.05, 0.1) is 6.61 Å². The lowest BCUT2D eigenvalue weighted by atomic mass is 10.0. The van der Waals surface area contributed by atoms with Crippen LogP contribution in [0.3, 0.4) is 0 Å². The van der Waals surface area contributed by atoms with Gasteiger partial charge in [0.1, 0.15) is 6.61 Å². The van der Waals surface area contributed by atoms with Crippen LogP contribution >= 0.6 is 0 Å². The Labute approximate surface area is 179 Å². The highest BCUT2D eigenvalue weighted by Crippen LogP contribution is 2.13. The summed E-state index contributed by atoms with van der Waals surface area (Å²) in [6.07, 6.45) is 7.45. The molecule has 0 aliphatic carbocycles. The number of hydrogen-bond acceptors (Lipinski definition) is 5. The minimum Gasteiger partial charge on any atom is -0.462 e. The molecule has 0 aliphatic heterocycles. The lowest BCUT2D eigenvalue weighted by Crippen LogP contribution is -2.30. The Balaban J connectivity index is 4.42. The van der Waals surface area contributed by atoms with Crippen LogP contribution in [0.5, 0.6) is 0 Å². The molecular formula is C24H46O5. The van der Waals surface area contributed by atoms with Crippen molar-refractivity contribution in [3.05, 3.63) is 0 Å². The summed E-state index contributed by atoms with van der Waals surface area (Å²) in [6, 6.07) is 0. The van der Waals surface area contributed by atoms with Crippen LogP contribution in [-0.2, 0) is 23.8 Å². The fourth-order valence-electron chi connectivity index (χ4n) is 3.01. The van der Waals surface area contributed by atoms with Gasteiger partial charge < -0.3 is 14.2 Å². The first-order valence-electron chi connectivity index (χ1n) is 11.7. The van der Waals surface area contributed by atoms with Crippen molar-refractivity contribution in [2.75, 3.05) is 19.8 Å². The van der Waals surface area contributed by atoms with Crippen LogP contribution in [0.4, 0.5) is 0 Å². The van der Waals surface area contributed by atoms with Gasteiger partial charge in [0, 0.05) is 19.4 Å². The highest BCUT2D eigenvalue weighted by Gasteiger charge is 2.19. The second kappa shape index (κ2) is 17.7. The van der Waals surface area contributed by atoms with E-state index >= 15 is 0 Å². The molecule has 0 spiro atoms. The molecule has 5 heteroatoms. The molecule has 4 unspecified atom stereocenters. The zero-order valence-electron chi connectivity index (χ0n) is 19.8. The average Bonchev–Trinajstić information content (AvgIpc) is 2.69. The molecule has 0 rings (SSSR count). The maximum absolute atomic E-state index is 12.2. The van der Waals surface area contributed by atoms with Crippen molar-refractivity contribution < 1.29 is 23.8 Å². The van der Waals surface area contributed by atoms with Crippen molar-refractivity contribution in [2.24, 2.45) is 17.8 Å². The first kappa shape index (κ1) is 27.9. The maximum Gasteiger partial charge on any atom is 0.306 e. The number of carbonyl (C=O) groups is 2. The zero-order valence-corrected chi connectivity index (χ0v) is 19.8. The van der Waals surface area contributed by atoms with Crippen LogP contribution in [0.2, 0.25) is 0 Å². The van der Waals surface area contributed by atoms with Crippen molar-refractivity contribution in [1.82, 2.24) is 0 Å². The fourth-order valence-corrected chi connectivity index (χ4v) is 3.01. The molecule has 0 fully saturated rings. The van der Waals surface area contributed by atoms with E-state index in [1.165, 1.54) is 6.42 Å². The van der Waals surface area contributed by atoms with Gasteiger partial charge >= 0.3 is 11.9 Å². The summed E-state index contributed by atoms with van der Waals surface area (Å²) < 4.78 is 16.7. The Hall–Kier alpha value is -1.10. The Kier molecular flexibility index (Phi) is 17.1. The summed E-state index contributed by atoms with van der Waals surface area (Å²) in [5.74, 6) is 1.02. The summed E-state index contributed by atoms with van der Waals surface area (Å²) in [5.41, 5.74) is 0. The Morgan fingerprint density at radius 3 is 2.07 bits per heavy atom. The molecule has 29 heavy (non-hydrogen) atoms. The smallest absolute Gasteiger partial charge is 0.306 e. The van der Waals surface area contributed by atoms with Crippen molar-refractivity contribution in [2.45, 2.75) is 105 Å². The van der Waals surface area contributed by atoms with E-state index in [1.807, 2.05) is 0 Å². The van der Waals surface area contributed by atoms with E-state index in [0.717, 1.165) is 38.5 Å². The molecule has 0 saturated heterocycles. The highest BCUT2D eigenvalue weighted by molar-refractivity contribution is 5.70. The molecule has 0 saturated carbocycles. The first-order chi connectivity index (χ1) is 13.8. The molecule has 5 nitrogen and oxygen atoms in total. The van der Waals surface area contributed by atoms with Gasteiger partial charge in [-0.25, -0.2) is 0 Å². The maximum atomic E-state index is 12.2. The van der Waals surface area contributed by atoms with Crippen molar-refractivity contribution in [3.63, 3.8) is 0 Å². The molecule has 0 heterocycles. The second-order valence-electron chi connectivity index (χ2n) is 8.68. The van der Waals surface area contributed by atoms with Crippen LogP contribution in [0, 0.1) is 17.8 Å². The van der Waals surface area contributed by atoms with Crippen molar-refractivity contribution in [3.8, 4) is 0 Å². The Morgan fingerprint density at radius 1 is 0.793 bits per heavy atom. The summed E-state index contributed by atoms with van der Waals surface area (Å²) in [4.78, 5) is 24.2. The molecule has 0 bridgehead atoms. The molecule has 0 N–H and O–H groups in total. The topological polar surface area (TPSA) is 61.8 Å². The molecule has 172 valence electrons. The summed E-state index contributed by atoms with van der Waals surface area (Å²) in [5, 5.41) is 0. The highest BCUT2D eigenvalue weighted by atomic mass is 16.6. The average molecular weight is 415 g/mol. The van der Waals surface area contributed by atoms with E-state index in [9.17, 15) is 9.59 Å². The summed E-state index contributed by atoms with van der Waals surface area (Å²) in [7, 11) is 0. The van der Waals surface area contributed by atoms with Crippen LogP contribution < -0.4 is 0 Å². The normalized spacial score (nSPS) is 15.4. The monoisotopic (exact) mass is 414 g/mol. The molecule has 0 aromatic rings. The van der Waals surface area contributed by atoms with E-state index in [1.54, 1.807) is 0 Å². The minimum atomic E-state index is -0.534. The van der Waals surface area contributed by atoms with Crippen LogP contribution in [0.15, 0.2) is 0 Å². The standard InChI is InChI=1S/C24H46O5/c1-7-11-21(6)16-24(26)28-18-22(17-27-15-10-12-19(4)8-2)29-23(25)14-13-20(5)9-3/h19-22H,7-18H2,1-6H3. The third-order valence-electron chi connectivity index (χ3n) is 5.55. The van der Waals surface area contributed by atoms with E-state index in [2.05, 4.69) is 41.5 Å². The van der Waals surface area contributed by atoms with Gasteiger partial charge in [-0.1, -0.05) is 67.2 Å². The number of rotatable bonds is 18. The molecule has 0 aromatic heterocycles. The lowest BCUT2D eigenvalue weighted by molar-refractivity contribution is -0.163. The first-order valence-corrected chi connectivity index (χ1v) is 11.7. The van der Waals surface area contributed by atoms with Crippen molar-refractivity contribution >= 4 is 11.9 Å². The number of carbonyl (C=O) groups excluding carboxylic acids is 2. The van der Waals surface area contributed by atoms with Gasteiger partial charge in [0.25, 0.3) is 0 Å². The van der Waals surface area contributed by atoms with Gasteiger partial charge in [-0.2, -0.15) is 0 Å². The number of esters is 2. The third kappa shape index (κ3) is 16.4. The lowest BCUT2D eigenvalue weighted by Gasteiger charge is -2.19. The van der Waals surface area contributed by atoms with E-state index in [4.69, 9.17) is 14.2 Å². The quantitative estimate of drug-likeness (QED) is 0.205. The van der Waals surface area contributed by atoms with Crippen LogP contribution in [0.25, 0.3) is 0 Å². The molecule has 0 aliphatic rings. The molecule has 0 aromatic carbocycles. The van der Waals surface area contributed by atoms with Gasteiger partial charge in [-0.15, -0.1) is 0 Å². The molecule has 0 radical (unpaired) electrons. The fraction of sp³-hybridized carbons (Fsp3) is 0.917. The van der Waals surface area contributed by atoms with Gasteiger partial charge in [0.15, 0.2) is 6.10 Å². The van der Waals surface area contributed by atoms with E-state index in [-0.39, 0.29) is 25.2 Å². The molecule has 0 amide bonds. The van der Waals surface area contributed by atoms with Crippen molar-refractivity contribution in [1.29, 1.82) is 0 Å². The Bertz CT molecular complexity index is 423. The van der Waals surface area contributed by atoms with E-state index in [0.29, 0.717) is 37.2 Å². The van der Waals surface area contributed by atoms with E-state index < -0.39 is 6.10 Å². The number of ether oxygens (including phenoxy) is 3. The predicted octanol–water partition coefficient (Wildman–Crippen LogP) is 5.94. The summed E-state index contributed by atoms with van der Waals surface area (Å²) in [6.45, 7) is 13.8. The van der Waals surface area contributed by atoms with Gasteiger partial charge in [-0.3, -0.25) is 9.59 Å². The van der Waals surface area contributed by atoms with Crippen LogP contribution in [0.1, 0.15) is 99.3 Å². The largest absolute Gasteiger partial charge is 0.462 e. The minimum absolute atomic E-state index is 0.0676. The number of hydrogen-bond donors (Lipinski definition) is 0. The summed E-state index contributed by atoms with van der Waals surface area (Å²) >= 11 is 0. The third-order valence-corrected chi connectivity index (χ3v) is 5.55. The van der Waals surface area contributed by atoms with Crippen LogP contribution in [-0.4, -0.2) is 37.9 Å². The van der Waals surface area contributed by atoms with Gasteiger partial charge in [-0.05, 0) is 37.0 Å². The van der Waals surface area contributed by atoms with Gasteiger partial charge in [0.2, 0.25) is 0 Å². The SMILES string of the molecule is CCCC(C)CC(=O)OCC(COCCCC(C)CC)OC(=O)CCC(C)CC.